The molecule has 28 heavy (non-hydrogen) atoms. The van der Waals surface area contributed by atoms with E-state index in [1.54, 1.807) is 0 Å². The van der Waals surface area contributed by atoms with Crippen LogP contribution >= 0.6 is 11.6 Å². The Kier molecular flexibility index (Phi) is 5.24. The lowest BCUT2D eigenvalue weighted by atomic mass is 10.2. The predicted octanol–water partition coefficient (Wildman–Crippen LogP) is 1.32. The Hall–Kier alpha value is -2.40. The van der Waals surface area contributed by atoms with Gasteiger partial charge in [0.05, 0.1) is 27.7 Å². The summed E-state index contributed by atoms with van der Waals surface area (Å²) in [6, 6.07) is 3.70. The first-order valence-corrected chi connectivity index (χ1v) is 9.80. The molecule has 0 amide bonds. The highest BCUT2D eigenvalue weighted by Crippen LogP contribution is 2.38. The monoisotopic (exact) mass is 434 g/mol. The molecule has 150 valence electrons. The van der Waals surface area contributed by atoms with E-state index < -0.39 is 50.2 Å². The molecule has 0 aliphatic carbocycles. The summed E-state index contributed by atoms with van der Waals surface area (Å²) in [5.74, 6) is -1.53. The molecule has 0 N–H and O–H groups in total. The Bertz CT molecular complexity index is 1020. The number of aromatic nitrogens is 2. The highest BCUT2D eigenvalue weighted by atomic mass is 35.5. The largest absolute Gasteiger partial charge is 0.548 e. The first-order valence-electron chi connectivity index (χ1n) is 7.88. The lowest BCUT2D eigenvalue weighted by molar-refractivity contribution is -0.307. The van der Waals surface area contributed by atoms with Gasteiger partial charge in [-0.2, -0.15) is 13.2 Å². The SMILES string of the molecule is O=C([O-])[C@@H]1C[C@H](S(=O)(=O)c2ccccc2C(F)(F)F)CN1c1ccnc(Cl)n1. The number of rotatable bonds is 4. The summed E-state index contributed by atoms with van der Waals surface area (Å²) in [6.45, 7) is -0.388. The molecule has 1 aromatic heterocycles. The minimum atomic E-state index is -4.88. The fourth-order valence-corrected chi connectivity index (χ4v) is 5.17. The third-order valence-corrected chi connectivity index (χ3v) is 6.75. The molecule has 0 spiro atoms. The van der Waals surface area contributed by atoms with E-state index in [1.165, 1.54) is 18.3 Å². The molecule has 0 radical (unpaired) electrons. The van der Waals surface area contributed by atoms with Gasteiger partial charge >= 0.3 is 6.18 Å². The molecular formula is C16H12ClF3N3O4S-. The van der Waals surface area contributed by atoms with Crippen LogP contribution in [0.2, 0.25) is 5.28 Å². The van der Waals surface area contributed by atoms with Crippen molar-refractivity contribution in [2.45, 2.75) is 28.8 Å². The van der Waals surface area contributed by atoms with E-state index in [4.69, 9.17) is 11.6 Å². The summed E-state index contributed by atoms with van der Waals surface area (Å²) in [5, 5.41) is 9.90. The first-order chi connectivity index (χ1) is 13.0. The zero-order chi connectivity index (χ0) is 20.7. The summed E-state index contributed by atoms with van der Waals surface area (Å²) < 4.78 is 65.6. The van der Waals surface area contributed by atoms with E-state index in [0.29, 0.717) is 6.07 Å². The number of carboxylic acids is 1. The second-order valence-electron chi connectivity index (χ2n) is 6.07. The van der Waals surface area contributed by atoms with Gasteiger partial charge in [-0.15, -0.1) is 0 Å². The van der Waals surface area contributed by atoms with E-state index in [2.05, 4.69) is 9.97 Å². The molecular weight excluding hydrogens is 423 g/mol. The zero-order valence-corrected chi connectivity index (χ0v) is 15.5. The van der Waals surface area contributed by atoms with Crippen molar-refractivity contribution in [1.29, 1.82) is 0 Å². The number of anilines is 1. The van der Waals surface area contributed by atoms with Crippen LogP contribution in [0.25, 0.3) is 0 Å². The molecule has 3 rings (SSSR count). The number of carbonyl (C=O) groups excluding carboxylic acids is 1. The van der Waals surface area contributed by atoms with Crippen molar-refractivity contribution >= 4 is 33.2 Å². The Morgan fingerprint density at radius 1 is 1.25 bits per heavy atom. The maximum Gasteiger partial charge on any atom is 0.417 e. The molecule has 0 saturated carbocycles. The number of carboxylic acid groups (broad SMARTS) is 1. The van der Waals surface area contributed by atoms with Gasteiger partial charge in [-0.05, 0) is 36.2 Å². The van der Waals surface area contributed by atoms with Crippen LogP contribution in [0, 0.1) is 0 Å². The molecule has 0 unspecified atom stereocenters. The molecule has 1 fully saturated rings. The van der Waals surface area contributed by atoms with Crippen LogP contribution in [-0.2, 0) is 20.8 Å². The van der Waals surface area contributed by atoms with Crippen molar-refractivity contribution in [2.75, 3.05) is 11.4 Å². The summed E-state index contributed by atoms with van der Waals surface area (Å²) in [6.07, 6.45) is -4.09. The highest BCUT2D eigenvalue weighted by Gasteiger charge is 2.45. The summed E-state index contributed by atoms with van der Waals surface area (Å²) >= 11 is 5.69. The van der Waals surface area contributed by atoms with E-state index in [0.717, 1.165) is 17.0 Å². The van der Waals surface area contributed by atoms with Crippen molar-refractivity contribution in [2.24, 2.45) is 0 Å². The van der Waals surface area contributed by atoms with E-state index in [-0.39, 0.29) is 17.6 Å². The fourth-order valence-electron chi connectivity index (χ4n) is 3.11. The normalized spacial score (nSPS) is 20.4. The minimum absolute atomic E-state index is 0.0380. The van der Waals surface area contributed by atoms with Gasteiger partial charge < -0.3 is 14.8 Å². The number of alkyl halides is 3. The van der Waals surface area contributed by atoms with Crippen molar-refractivity contribution < 1.29 is 31.5 Å². The molecule has 2 atom stereocenters. The number of hydrogen-bond donors (Lipinski definition) is 0. The molecule has 2 aromatic rings. The third-order valence-electron chi connectivity index (χ3n) is 4.38. The van der Waals surface area contributed by atoms with Crippen LogP contribution in [-0.4, -0.2) is 42.2 Å². The highest BCUT2D eigenvalue weighted by molar-refractivity contribution is 7.92. The third kappa shape index (κ3) is 3.76. The summed E-state index contributed by atoms with van der Waals surface area (Å²) in [5.41, 5.74) is -1.30. The number of hydrogen-bond acceptors (Lipinski definition) is 7. The predicted molar refractivity (Wildman–Crippen MR) is 90.2 cm³/mol. The number of halogens is 4. The smallest absolute Gasteiger partial charge is 0.417 e. The van der Waals surface area contributed by atoms with Gasteiger partial charge in [0.1, 0.15) is 5.82 Å². The molecule has 1 aliphatic rings. The van der Waals surface area contributed by atoms with Gasteiger partial charge in [0.15, 0.2) is 9.84 Å². The van der Waals surface area contributed by atoms with Gasteiger partial charge in [0.25, 0.3) is 0 Å². The topological polar surface area (TPSA) is 103 Å². The van der Waals surface area contributed by atoms with E-state index >= 15 is 0 Å². The Morgan fingerprint density at radius 3 is 2.54 bits per heavy atom. The molecule has 12 heteroatoms. The van der Waals surface area contributed by atoms with Gasteiger partial charge in [-0.25, -0.2) is 18.4 Å². The second kappa shape index (κ2) is 7.21. The van der Waals surface area contributed by atoms with Gasteiger partial charge in [0, 0.05) is 12.7 Å². The molecule has 0 bridgehead atoms. The van der Waals surface area contributed by atoms with Crippen molar-refractivity contribution in [1.82, 2.24) is 9.97 Å². The standard InChI is InChI=1S/C16H13ClF3N3O4S/c17-15-21-6-5-13(22-15)23-8-9(7-11(23)14(24)25)28(26,27)12-4-2-1-3-10(12)16(18,19)20/h1-6,9,11H,7-8H2,(H,24,25)/p-1/t9-,11-/m0/s1. The lowest BCUT2D eigenvalue weighted by Crippen LogP contribution is -2.44. The van der Waals surface area contributed by atoms with Crippen LogP contribution in [0.3, 0.4) is 0 Å². The number of sulfone groups is 1. The van der Waals surface area contributed by atoms with Gasteiger partial charge in [0.2, 0.25) is 5.28 Å². The zero-order valence-electron chi connectivity index (χ0n) is 13.9. The Balaban J connectivity index is 2.02. The molecule has 7 nitrogen and oxygen atoms in total. The van der Waals surface area contributed by atoms with E-state index in [1.807, 2.05) is 0 Å². The number of benzene rings is 1. The van der Waals surface area contributed by atoms with Crippen LogP contribution in [0.4, 0.5) is 19.0 Å². The fraction of sp³-hybridized carbons (Fsp3) is 0.312. The van der Waals surface area contributed by atoms with Crippen LogP contribution in [0.1, 0.15) is 12.0 Å². The summed E-state index contributed by atoms with van der Waals surface area (Å²) in [4.78, 5) is 19.2. The molecule has 1 aromatic carbocycles. The van der Waals surface area contributed by atoms with Crippen molar-refractivity contribution in [3.05, 3.63) is 47.4 Å². The average molecular weight is 435 g/mol. The van der Waals surface area contributed by atoms with E-state index in [9.17, 15) is 31.5 Å². The quantitative estimate of drug-likeness (QED) is 0.668. The minimum Gasteiger partial charge on any atom is -0.548 e. The number of carbonyl (C=O) groups is 1. The van der Waals surface area contributed by atoms with Crippen molar-refractivity contribution in [3.63, 3.8) is 0 Å². The van der Waals surface area contributed by atoms with Gasteiger partial charge in [-0.3, -0.25) is 0 Å². The molecule has 1 saturated heterocycles. The van der Waals surface area contributed by atoms with Crippen LogP contribution in [0.15, 0.2) is 41.4 Å². The summed E-state index contributed by atoms with van der Waals surface area (Å²) in [7, 11) is -4.50. The molecule has 2 heterocycles. The number of aliphatic carboxylic acids is 1. The van der Waals surface area contributed by atoms with Gasteiger partial charge in [-0.1, -0.05) is 12.1 Å². The average Bonchev–Trinajstić information content (AvgIpc) is 3.07. The molecule has 1 aliphatic heterocycles. The second-order valence-corrected chi connectivity index (χ2v) is 8.60. The number of nitrogens with zero attached hydrogens (tertiary/aromatic N) is 3. The van der Waals surface area contributed by atoms with Crippen LogP contribution < -0.4 is 10.0 Å². The Labute approximate surface area is 162 Å². The lowest BCUT2D eigenvalue weighted by Gasteiger charge is -2.25. The van der Waals surface area contributed by atoms with Crippen molar-refractivity contribution in [3.8, 4) is 0 Å². The first kappa shape index (κ1) is 20.3. The van der Waals surface area contributed by atoms with Crippen LogP contribution in [0.5, 0.6) is 0 Å². The maximum absolute atomic E-state index is 13.2. The Morgan fingerprint density at radius 2 is 1.93 bits per heavy atom. The maximum atomic E-state index is 13.2.